The van der Waals surface area contributed by atoms with E-state index in [1.165, 1.54) is 10.6 Å². The smallest absolute Gasteiger partial charge is 0.232 e. The molecule has 2 aromatic rings. The van der Waals surface area contributed by atoms with Gasteiger partial charge in [-0.15, -0.1) is 0 Å². The minimum Gasteiger partial charge on any atom is -0.265 e. The average Bonchev–Trinajstić information content (AvgIpc) is 2.34. The van der Waals surface area contributed by atoms with Crippen molar-refractivity contribution >= 4 is 31.6 Å². The van der Waals surface area contributed by atoms with Crippen molar-refractivity contribution in [3.05, 3.63) is 63.6 Å². The Labute approximate surface area is 134 Å². The molecule has 2 rings (SSSR count). The zero-order chi connectivity index (χ0) is 15.6. The summed E-state index contributed by atoms with van der Waals surface area (Å²) in [4.78, 5) is 0. The van der Waals surface area contributed by atoms with E-state index in [2.05, 4.69) is 22.0 Å². The highest BCUT2D eigenvalue weighted by atomic mass is 79.9. The van der Waals surface area contributed by atoms with Crippen LogP contribution in [0.1, 0.15) is 16.7 Å². The zero-order valence-corrected chi connectivity index (χ0v) is 14.7. The third kappa shape index (κ3) is 4.08. The number of benzene rings is 2. The van der Waals surface area contributed by atoms with Crippen LogP contribution in [0, 0.1) is 13.8 Å². The van der Waals surface area contributed by atoms with Crippen LogP contribution in [0.15, 0.2) is 46.9 Å². The van der Waals surface area contributed by atoms with E-state index in [-0.39, 0.29) is 0 Å². The minimum atomic E-state index is -3.36. The topological polar surface area (TPSA) is 37.4 Å². The van der Waals surface area contributed by atoms with Gasteiger partial charge in [-0.25, -0.2) is 8.42 Å². The monoisotopic (exact) mass is 367 g/mol. The first-order chi connectivity index (χ1) is 9.77. The fourth-order valence-electron chi connectivity index (χ4n) is 2.36. The van der Waals surface area contributed by atoms with Gasteiger partial charge in [-0.05, 0) is 47.5 Å². The van der Waals surface area contributed by atoms with Crippen molar-refractivity contribution in [2.24, 2.45) is 0 Å². The van der Waals surface area contributed by atoms with Crippen LogP contribution < -0.4 is 4.31 Å². The van der Waals surface area contributed by atoms with Gasteiger partial charge < -0.3 is 0 Å². The number of rotatable bonds is 4. The summed E-state index contributed by atoms with van der Waals surface area (Å²) in [6, 6.07) is 13.4. The van der Waals surface area contributed by atoms with Crippen LogP contribution in [-0.4, -0.2) is 14.7 Å². The van der Waals surface area contributed by atoms with E-state index in [4.69, 9.17) is 0 Å². The normalized spacial score (nSPS) is 11.4. The van der Waals surface area contributed by atoms with E-state index in [9.17, 15) is 8.42 Å². The van der Waals surface area contributed by atoms with Gasteiger partial charge in [0, 0.05) is 4.47 Å². The molecule has 0 heterocycles. The summed E-state index contributed by atoms with van der Waals surface area (Å²) in [5.41, 5.74) is 3.89. The molecule has 0 bridgehead atoms. The molecule has 0 amide bonds. The lowest BCUT2D eigenvalue weighted by Crippen LogP contribution is -2.29. The highest BCUT2D eigenvalue weighted by Crippen LogP contribution is 2.29. The Bertz CT molecular complexity index is 736. The summed E-state index contributed by atoms with van der Waals surface area (Å²) in [5.74, 6) is 0. The Balaban J connectivity index is 2.46. The molecular formula is C16H18BrNO2S. The van der Waals surface area contributed by atoms with Crippen molar-refractivity contribution in [2.45, 2.75) is 20.4 Å². The molecule has 5 heteroatoms. The van der Waals surface area contributed by atoms with Gasteiger partial charge in [0.1, 0.15) is 0 Å². The second-order valence-electron chi connectivity index (χ2n) is 5.22. The number of hydrogen-bond donors (Lipinski definition) is 0. The summed E-state index contributed by atoms with van der Waals surface area (Å²) in [6.45, 7) is 4.35. The fourth-order valence-corrected chi connectivity index (χ4v) is 3.88. The van der Waals surface area contributed by atoms with E-state index in [0.29, 0.717) is 12.2 Å². The molecule has 0 saturated carbocycles. The largest absolute Gasteiger partial charge is 0.265 e. The van der Waals surface area contributed by atoms with Gasteiger partial charge >= 0.3 is 0 Å². The summed E-state index contributed by atoms with van der Waals surface area (Å²) in [6.07, 6.45) is 1.23. The Morgan fingerprint density at radius 1 is 1.05 bits per heavy atom. The molecule has 0 unspecified atom stereocenters. The zero-order valence-electron chi connectivity index (χ0n) is 12.3. The van der Waals surface area contributed by atoms with Gasteiger partial charge in [0.2, 0.25) is 10.0 Å². The van der Waals surface area contributed by atoms with Gasteiger partial charge in [-0.3, -0.25) is 4.31 Å². The predicted molar refractivity (Wildman–Crippen MR) is 91.1 cm³/mol. The molecule has 0 fully saturated rings. The van der Waals surface area contributed by atoms with Crippen LogP contribution in [0.25, 0.3) is 0 Å². The van der Waals surface area contributed by atoms with Gasteiger partial charge in [0.15, 0.2) is 0 Å². The summed E-state index contributed by atoms with van der Waals surface area (Å²) < 4.78 is 26.5. The van der Waals surface area contributed by atoms with Gasteiger partial charge in [-0.1, -0.05) is 41.5 Å². The van der Waals surface area contributed by atoms with Crippen molar-refractivity contribution in [3.8, 4) is 0 Å². The molecule has 2 aromatic carbocycles. The molecule has 0 spiro atoms. The maximum Gasteiger partial charge on any atom is 0.232 e. The first-order valence-corrected chi connectivity index (χ1v) is 9.21. The van der Waals surface area contributed by atoms with E-state index in [1.54, 1.807) is 6.07 Å². The van der Waals surface area contributed by atoms with Crippen LogP contribution in [0.5, 0.6) is 0 Å². The Morgan fingerprint density at radius 3 is 2.14 bits per heavy atom. The van der Waals surface area contributed by atoms with Gasteiger partial charge in [0.25, 0.3) is 0 Å². The third-order valence-corrected chi connectivity index (χ3v) is 4.93. The first-order valence-electron chi connectivity index (χ1n) is 6.57. The molecule has 0 aromatic heterocycles. The highest BCUT2D eigenvalue weighted by molar-refractivity contribution is 9.10. The summed E-state index contributed by atoms with van der Waals surface area (Å²) in [5, 5.41) is 0. The van der Waals surface area contributed by atoms with E-state index in [1.807, 2.05) is 44.2 Å². The molecular weight excluding hydrogens is 350 g/mol. The maximum absolute atomic E-state index is 12.2. The lowest BCUT2D eigenvalue weighted by atomic mass is 10.1. The predicted octanol–water partition coefficient (Wildman–Crippen LogP) is 4.03. The molecule has 3 nitrogen and oxygen atoms in total. The molecule has 0 aliphatic heterocycles. The quantitative estimate of drug-likeness (QED) is 0.817. The third-order valence-electron chi connectivity index (χ3n) is 3.13. The molecule has 21 heavy (non-hydrogen) atoms. The van der Waals surface area contributed by atoms with E-state index in [0.717, 1.165) is 21.2 Å². The average molecular weight is 368 g/mol. The molecule has 0 aliphatic rings. The van der Waals surface area contributed by atoms with Gasteiger partial charge in [0.05, 0.1) is 18.5 Å². The van der Waals surface area contributed by atoms with Crippen molar-refractivity contribution < 1.29 is 8.42 Å². The van der Waals surface area contributed by atoms with Crippen LogP contribution in [0.4, 0.5) is 5.69 Å². The van der Waals surface area contributed by atoms with Crippen LogP contribution in [0.2, 0.25) is 0 Å². The molecule has 0 radical (unpaired) electrons. The molecule has 0 N–H and O–H groups in total. The lowest BCUT2D eigenvalue weighted by Gasteiger charge is -2.24. The number of aryl methyl sites for hydroxylation is 2. The van der Waals surface area contributed by atoms with Crippen LogP contribution in [0.3, 0.4) is 0 Å². The van der Waals surface area contributed by atoms with Crippen molar-refractivity contribution in [3.63, 3.8) is 0 Å². The highest BCUT2D eigenvalue weighted by Gasteiger charge is 2.20. The molecule has 0 saturated heterocycles. The first kappa shape index (κ1) is 16.0. The number of para-hydroxylation sites is 1. The Morgan fingerprint density at radius 2 is 1.62 bits per heavy atom. The van der Waals surface area contributed by atoms with Crippen molar-refractivity contribution in [2.75, 3.05) is 10.6 Å². The van der Waals surface area contributed by atoms with Gasteiger partial charge in [-0.2, -0.15) is 0 Å². The van der Waals surface area contributed by atoms with Crippen LogP contribution in [-0.2, 0) is 16.6 Å². The summed E-state index contributed by atoms with van der Waals surface area (Å²) in [7, 11) is -3.36. The number of hydrogen-bond acceptors (Lipinski definition) is 2. The van der Waals surface area contributed by atoms with Crippen molar-refractivity contribution in [1.29, 1.82) is 0 Å². The minimum absolute atomic E-state index is 0.323. The Kier molecular flexibility index (Phi) is 4.74. The molecule has 112 valence electrons. The number of sulfonamides is 1. The standard InChI is InChI=1S/C16H18BrNO2S/c1-12-8-13(2)10-14(9-12)11-18(21(3,19)20)16-7-5-4-6-15(16)17/h4-10H,11H2,1-3H3. The lowest BCUT2D eigenvalue weighted by molar-refractivity contribution is 0.596. The molecule has 0 aliphatic carbocycles. The van der Waals surface area contributed by atoms with E-state index < -0.39 is 10.0 Å². The van der Waals surface area contributed by atoms with Crippen molar-refractivity contribution in [1.82, 2.24) is 0 Å². The maximum atomic E-state index is 12.2. The van der Waals surface area contributed by atoms with Crippen LogP contribution >= 0.6 is 15.9 Å². The second-order valence-corrected chi connectivity index (χ2v) is 7.98. The summed E-state index contributed by atoms with van der Waals surface area (Å²) >= 11 is 3.43. The SMILES string of the molecule is Cc1cc(C)cc(CN(c2ccccc2Br)S(C)(=O)=O)c1. The second kappa shape index (κ2) is 6.20. The number of nitrogens with zero attached hydrogens (tertiary/aromatic N) is 1. The number of halogens is 1. The molecule has 0 atom stereocenters. The number of anilines is 1. The van der Waals surface area contributed by atoms with E-state index >= 15 is 0 Å². The Hall–Kier alpha value is -1.33. The fraction of sp³-hybridized carbons (Fsp3) is 0.250.